The van der Waals surface area contributed by atoms with Gasteiger partial charge in [0.05, 0.1) is 16.8 Å². The summed E-state index contributed by atoms with van der Waals surface area (Å²) >= 11 is 5.71. The molecule has 0 radical (unpaired) electrons. The molecule has 1 heterocycles. The Hall–Kier alpha value is -1.00. The van der Waals surface area contributed by atoms with Gasteiger partial charge in [0.1, 0.15) is 5.82 Å². The fourth-order valence-electron chi connectivity index (χ4n) is 1.16. The molecule has 0 saturated carbocycles. The molecule has 0 saturated heterocycles. The maximum atomic E-state index is 9.34. The lowest BCUT2D eigenvalue weighted by atomic mass is 10.2. The van der Waals surface area contributed by atoms with Crippen molar-refractivity contribution in [2.75, 3.05) is 17.6 Å². The first-order valence-electron chi connectivity index (χ1n) is 4.96. The lowest BCUT2D eigenvalue weighted by Gasteiger charge is -2.10. The van der Waals surface area contributed by atoms with Crippen LogP contribution in [-0.4, -0.2) is 22.7 Å². The number of nitrogens with zero attached hydrogens (tertiary/aromatic N) is 1. The molecule has 4 N–H and O–H groups in total. The fraction of sp³-hybridized carbons (Fsp3) is 0.500. The molecule has 1 atom stereocenters. The average molecular weight is 230 g/mol. The summed E-state index contributed by atoms with van der Waals surface area (Å²) < 4.78 is 0. The Labute approximate surface area is 94.5 Å². The van der Waals surface area contributed by atoms with Crippen LogP contribution < -0.4 is 11.1 Å². The summed E-state index contributed by atoms with van der Waals surface area (Å²) in [5, 5.41) is 12.9. The quantitative estimate of drug-likeness (QED) is 0.721. The Kier molecular flexibility index (Phi) is 4.65. The second-order valence-electron chi connectivity index (χ2n) is 3.37. The van der Waals surface area contributed by atoms with Crippen molar-refractivity contribution in [3.8, 4) is 0 Å². The van der Waals surface area contributed by atoms with Crippen molar-refractivity contribution in [1.82, 2.24) is 4.98 Å². The third-order valence-electron chi connectivity index (χ3n) is 2.13. The molecule has 1 aromatic heterocycles. The van der Waals surface area contributed by atoms with E-state index in [0.717, 1.165) is 6.42 Å². The number of nitrogen functional groups attached to an aromatic ring is 1. The van der Waals surface area contributed by atoms with Crippen LogP contribution in [0.15, 0.2) is 12.3 Å². The second-order valence-corrected chi connectivity index (χ2v) is 3.81. The van der Waals surface area contributed by atoms with Gasteiger partial charge in [0.25, 0.3) is 0 Å². The zero-order chi connectivity index (χ0) is 11.3. The molecular formula is C10H16ClN3O. The number of nitrogens with two attached hydrogens (primary N) is 1. The summed E-state index contributed by atoms with van der Waals surface area (Å²) in [6.07, 6.45) is 2.70. The van der Waals surface area contributed by atoms with Crippen LogP contribution in [0.5, 0.6) is 0 Å². The van der Waals surface area contributed by atoms with Crippen LogP contribution in [0.2, 0.25) is 5.02 Å². The minimum Gasteiger partial charge on any atom is -0.396 e. The standard InChI is InChI=1S/C10H16ClN3O/c1-2-8(15)3-4-13-10-9(12)5-7(11)6-14-10/h5-6,8,15H,2-4,12H2,1H3,(H,13,14). The first-order chi connectivity index (χ1) is 7.13. The molecule has 0 bridgehead atoms. The lowest BCUT2D eigenvalue weighted by Crippen LogP contribution is -2.13. The van der Waals surface area contributed by atoms with Crippen molar-refractivity contribution in [1.29, 1.82) is 0 Å². The fourth-order valence-corrected chi connectivity index (χ4v) is 1.33. The van der Waals surface area contributed by atoms with E-state index in [4.69, 9.17) is 17.3 Å². The number of hydrogen-bond acceptors (Lipinski definition) is 4. The van der Waals surface area contributed by atoms with Crippen molar-refractivity contribution in [2.45, 2.75) is 25.9 Å². The number of hydrogen-bond donors (Lipinski definition) is 3. The Bertz CT molecular complexity index is 320. The first-order valence-corrected chi connectivity index (χ1v) is 5.34. The topological polar surface area (TPSA) is 71.2 Å². The number of pyridine rings is 1. The van der Waals surface area contributed by atoms with Gasteiger partial charge < -0.3 is 16.2 Å². The number of rotatable bonds is 5. The summed E-state index contributed by atoms with van der Waals surface area (Å²) in [5.74, 6) is 0.614. The molecule has 0 spiro atoms. The van der Waals surface area contributed by atoms with Crippen LogP contribution in [0.1, 0.15) is 19.8 Å². The van der Waals surface area contributed by atoms with Crippen LogP contribution in [0, 0.1) is 0 Å². The van der Waals surface area contributed by atoms with Gasteiger partial charge in [0.2, 0.25) is 0 Å². The Balaban J connectivity index is 2.44. The molecule has 1 aromatic rings. The smallest absolute Gasteiger partial charge is 0.149 e. The molecular weight excluding hydrogens is 214 g/mol. The van der Waals surface area contributed by atoms with E-state index in [1.807, 2.05) is 6.92 Å². The molecule has 0 amide bonds. The van der Waals surface area contributed by atoms with Crippen LogP contribution in [0.4, 0.5) is 11.5 Å². The van der Waals surface area contributed by atoms with Gasteiger partial charge in [-0.15, -0.1) is 0 Å². The highest BCUT2D eigenvalue weighted by Crippen LogP contribution is 2.19. The molecule has 1 unspecified atom stereocenters. The van der Waals surface area contributed by atoms with E-state index >= 15 is 0 Å². The molecule has 0 fully saturated rings. The van der Waals surface area contributed by atoms with E-state index in [-0.39, 0.29) is 6.10 Å². The number of aliphatic hydroxyl groups excluding tert-OH is 1. The monoisotopic (exact) mass is 229 g/mol. The highest BCUT2D eigenvalue weighted by molar-refractivity contribution is 6.30. The van der Waals surface area contributed by atoms with Crippen LogP contribution in [-0.2, 0) is 0 Å². The minimum atomic E-state index is -0.272. The molecule has 5 heteroatoms. The molecule has 84 valence electrons. The third-order valence-corrected chi connectivity index (χ3v) is 2.33. The molecule has 0 aliphatic heterocycles. The molecule has 1 rings (SSSR count). The first kappa shape index (κ1) is 12.1. The number of anilines is 2. The molecule has 15 heavy (non-hydrogen) atoms. The summed E-state index contributed by atoms with van der Waals surface area (Å²) in [5.41, 5.74) is 6.22. The predicted molar refractivity (Wildman–Crippen MR) is 63.1 cm³/mol. The average Bonchev–Trinajstić information content (AvgIpc) is 2.21. The van der Waals surface area contributed by atoms with Crippen molar-refractivity contribution in [3.05, 3.63) is 17.3 Å². The van der Waals surface area contributed by atoms with Crippen molar-refractivity contribution in [2.24, 2.45) is 0 Å². The van der Waals surface area contributed by atoms with Gasteiger partial charge in [0, 0.05) is 12.7 Å². The van der Waals surface area contributed by atoms with Crippen LogP contribution >= 0.6 is 11.6 Å². The number of aromatic nitrogens is 1. The summed E-state index contributed by atoms with van der Waals surface area (Å²) in [6, 6.07) is 1.65. The molecule has 4 nitrogen and oxygen atoms in total. The largest absolute Gasteiger partial charge is 0.396 e. The van der Waals surface area contributed by atoms with Gasteiger partial charge in [-0.05, 0) is 18.9 Å². The number of halogens is 1. The van der Waals surface area contributed by atoms with Crippen molar-refractivity contribution < 1.29 is 5.11 Å². The molecule has 0 aliphatic carbocycles. The summed E-state index contributed by atoms with van der Waals surface area (Å²) in [6.45, 7) is 2.59. The van der Waals surface area contributed by atoms with E-state index in [0.29, 0.717) is 29.5 Å². The third kappa shape index (κ3) is 3.93. The minimum absolute atomic E-state index is 0.272. The van der Waals surface area contributed by atoms with Crippen molar-refractivity contribution >= 4 is 23.1 Å². The number of aliphatic hydroxyl groups is 1. The Morgan fingerprint density at radius 3 is 3.00 bits per heavy atom. The second kappa shape index (κ2) is 5.78. The van der Waals surface area contributed by atoms with Crippen LogP contribution in [0.25, 0.3) is 0 Å². The Morgan fingerprint density at radius 2 is 2.40 bits per heavy atom. The van der Waals surface area contributed by atoms with Crippen LogP contribution in [0.3, 0.4) is 0 Å². The predicted octanol–water partition coefficient (Wildman–Crippen LogP) is 1.89. The molecule has 0 aromatic carbocycles. The van der Waals surface area contributed by atoms with Crippen molar-refractivity contribution in [3.63, 3.8) is 0 Å². The van der Waals surface area contributed by atoms with Gasteiger partial charge in [0.15, 0.2) is 0 Å². The molecule has 0 aliphatic rings. The normalized spacial score (nSPS) is 12.5. The maximum Gasteiger partial charge on any atom is 0.149 e. The van der Waals surface area contributed by atoms with E-state index in [1.54, 1.807) is 6.07 Å². The van der Waals surface area contributed by atoms with Gasteiger partial charge in [-0.2, -0.15) is 0 Å². The maximum absolute atomic E-state index is 9.34. The van der Waals surface area contributed by atoms with Gasteiger partial charge >= 0.3 is 0 Å². The zero-order valence-corrected chi connectivity index (χ0v) is 9.46. The highest BCUT2D eigenvalue weighted by atomic mass is 35.5. The van der Waals surface area contributed by atoms with E-state index < -0.39 is 0 Å². The van der Waals surface area contributed by atoms with Gasteiger partial charge in [-0.1, -0.05) is 18.5 Å². The summed E-state index contributed by atoms with van der Waals surface area (Å²) in [4.78, 5) is 4.05. The van der Waals surface area contributed by atoms with E-state index in [2.05, 4.69) is 10.3 Å². The van der Waals surface area contributed by atoms with E-state index in [9.17, 15) is 5.11 Å². The van der Waals surface area contributed by atoms with Gasteiger partial charge in [-0.3, -0.25) is 0 Å². The Morgan fingerprint density at radius 1 is 1.67 bits per heavy atom. The number of nitrogens with one attached hydrogen (secondary N) is 1. The van der Waals surface area contributed by atoms with Gasteiger partial charge in [-0.25, -0.2) is 4.98 Å². The van der Waals surface area contributed by atoms with E-state index in [1.165, 1.54) is 6.20 Å². The summed E-state index contributed by atoms with van der Waals surface area (Å²) in [7, 11) is 0. The SMILES string of the molecule is CCC(O)CCNc1ncc(Cl)cc1N. The zero-order valence-electron chi connectivity index (χ0n) is 8.70. The lowest BCUT2D eigenvalue weighted by molar-refractivity contribution is 0.164. The highest BCUT2D eigenvalue weighted by Gasteiger charge is 2.03.